The number of fused-ring (bicyclic) bond motifs is 1. The third-order valence-corrected chi connectivity index (χ3v) is 5.04. The second-order valence-corrected chi connectivity index (χ2v) is 6.84. The minimum absolute atomic E-state index is 0.113. The summed E-state index contributed by atoms with van der Waals surface area (Å²) in [5, 5.41) is 15.0. The molecule has 0 aliphatic heterocycles. The van der Waals surface area contributed by atoms with Crippen LogP contribution in [0, 0.1) is 12.7 Å². The highest BCUT2D eigenvalue weighted by Crippen LogP contribution is 2.31. The summed E-state index contributed by atoms with van der Waals surface area (Å²) >= 11 is 6.35. The van der Waals surface area contributed by atoms with Crippen LogP contribution in [0.3, 0.4) is 0 Å². The summed E-state index contributed by atoms with van der Waals surface area (Å²) in [5.74, 6) is -1.82. The number of carboxylic acid groups (broad SMARTS) is 1. The maximum absolute atomic E-state index is 14.6. The predicted molar refractivity (Wildman–Crippen MR) is 105 cm³/mol. The lowest BCUT2D eigenvalue weighted by molar-refractivity contribution is 0.0696. The summed E-state index contributed by atoms with van der Waals surface area (Å²) in [6.45, 7) is 2.37. The Balaban J connectivity index is 1.87. The zero-order valence-corrected chi connectivity index (χ0v) is 15.6. The first-order chi connectivity index (χ1) is 13.5. The van der Waals surface area contributed by atoms with Crippen LogP contribution in [0.2, 0.25) is 5.02 Å². The number of rotatable bonds is 4. The molecule has 0 aliphatic rings. The van der Waals surface area contributed by atoms with Gasteiger partial charge >= 0.3 is 5.97 Å². The van der Waals surface area contributed by atoms with Gasteiger partial charge < -0.3 is 5.11 Å². The van der Waals surface area contributed by atoms with Gasteiger partial charge in [0.1, 0.15) is 11.5 Å². The van der Waals surface area contributed by atoms with E-state index in [-0.39, 0.29) is 11.1 Å². The van der Waals surface area contributed by atoms with Gasteiger partial charge in [-0.3, -0.25) is 9.67 Å². The molecule has 140 valence electrons. The fourth-order valence-electron chi connectivity index (χ4n) is 3.20. The zero-order chi connectivity index (χ0) is 19.8. The van der Waals surface area contributed by atoms with Crippen LogP contribution in [0.25, 0.3) is 22.2 Å². The predicted octanol–water partition coefficient (Wildman–Crippen LogP) is 4.95. The molecule has 7 heteroatoms. The van der Waals surface area contributed by atoms with Crippen molar-refractivity contribution in [1.29, 1.82) is 0 Å². The summed E-state index contributed by atoms with van der Waals surface area (Å²) in [6, 6.07) is 11.2. The molecule has 2 aromatic heterocycles. The van der Waals surface area contributed by atoms with Gasteiger partial charge in [0.15, 0.2) is 0 Å². The maximum atomic E-state index is 14.6. The normalized spacial score (nSPS) is 11.1. The molecule has 5 nitrogen and oxygen atoms in total. The van der Waals surface area contributed by atoms with E-state index in [2.05, 4.69) is 10.1 Å². The minimum atomic E-state index is -1.18. The summed E-state index contributed by atoms with van der Waals surface area (Å²) in [5.41, 5.74) is 3.23. The van der Waals surface area contributed by atoms with E-state index >= 15 is 0 Å². The second kappa shape index (κ2) is 7.05. The van der Waals surface area contributed by atoms with Gasteiger partial charge in [-0.05, 0) is 48.4 Å². The van der Waals surface area contributed by atoms with Gasteiger partial charge in [-0.15, -0.1) is 0 Å². The number of carbonyl (C=O) groups is 1. The van der Waals surface area contributed by atoms with Gasteiger partial charge in [0.25, 0.3) is 0 Å². The van der Waals surface area contributed by atoms with Gasteiger partial charge in [-0.2, -0.15) is 5.10 Å². The average Bonchev–Trinajstić information content (AvgIpc) is 3.03. The molecule has 0 amide bonds. The first-order valence-corrected chi connectivity index (χ1v) is 8.91. The van der Waals surface area contributed by atoms with Crippen molar-refractivity contribution in [3.05, 3.63) is 82.4 Å². The van der Waals surface area contributed by atoms with Crippen molar-refractivity contribution in [2.24, 2.45) is 0 Å². The van der Waals surface area contributed by atoms with Crippen LogP contribution in [0.5, 0.6) is 0 Å². The Morgan fingerprint density at radius 2 is 2.07 bits per heavy atom. The molecule has 2 heterocycles. The molecule has 0 atom stereocenters. The quantitative estimate of drug-likeness (QED) is 0.531. The van der Waals surface area contributed by atoms with Gasteiger partial charge in [-0.1, -0.05) is 23.7 Å². The van der Waals surface area contributed by atoms with Gasteiger partial charge in [0.05, 0.1) is 23.8 Å². The molecule has 0 aliphatic carbocycles. The molecular formula is C21H15ClFN3O2. The second-order valence-electron chi connectivity index (χ2n) is 6.43. The number of hydrogen-bond acceptors (Lipinski definition) is 3. The van der Waals surface area contributed by atoms with E-state index in [4.69, 9.17) is 16.7 Å². The largest absolute Gasteiger partial charge is 0.478 e. The van der Waals surface area contributed by atoms with E-state index in [0.29, 0.717) is 17.3 Å². The number of hydrogen-bond donors (Lipinski definition) is 1. The van der Waals surface area contributed by atoms with E-state index in [1.54, 1.807) is 23.1 Å². The fourth-order valence-corrected chi connectivity index (χ4v) is 3.48. The van der Waals surface area contributed by atoms with Crippen molar-refractivity contribution in [3.8, 4) is 11.3 Å². The van der Waals surface area contributed by atoms with E-state index < -0.39 is 11.8 Å². The molecule has 0 saturated carbocycles. The van der Waals surface area contributed by atoms with Crippen LogP contribution in [-0.4, -0.2) is 25.8 Å². The van der Waals surface area contributed by atoms with Crippen molar-refractivity contribution in [2.75, 3.05) is 0 Å². The number of aryl methyl sites for hydroxylation is 1. The van der Waals surface area contributed by atoms with Crippen LogP contribution in [0.15, 0.2) is 54.9 Å². The van der Waals surface area contributed by atoms with Gasteiger partial charge in [0, 0.05) is 22.2 Å². The molecule has 0 unspecified atom stereocenters. The highest BCUT2D eigenvalue weighted by Gasteiger charge is 2.18. The molecular weight excluding hydrogens is 381 g/mol. The summed E-state index contributed by atoms with van der Waals surface area (Å²) in [4.78, 5) is 15.2. The van der Waals surface area contributed by atoms with Crippen LogP contribution < -0.4 is 0 Å². The molecule has 1 N–H and O–H groups in total. The lowest BCUT2D eigenvalue weighted by Gasteiger charge is -2.09. The number of carboxylic acids is 1. The minimum Gasteiger partial charge on any atom is -0.478 e. The molecule has 0 radical (unpaired) electrons. The number of aromatic nitrogens is 3. The lowest BCUT2D eigenvalue weighted by atomic mass is 10.1. The highest BCUT2D eigenvalue weighted by atomic mass is 35.5. The van der Waals surface area contributed by atoms with Crippen molar-refractivity contribution in [3.63, 3.8) is 0 Å². The Morgan fingerprint density at radius 3 is 2.79 bits per heavy atom. The van der Waals surface area contributed by atoms with Crippen molar-refractivity contribution >= 4 is 28.5 Å². The number of aromatic carboxylic acids is 1. The van der Waals surface area contributed by atoms with Crippen LogP contribution in [-0.2, 0) is 6.54 Å². The van der Waals surface area contributed by atoms with E-state index in [0.717, 1.165) is 28.1 Å². The van der Waals surface area contributed by atoms with Crippen LogP contribution in [0.4, 0.5) is 4.39 Å². The fraction of sp³-hybridized carbons (Fsp3) is 0.0952. The highest BCUT2D eigenvalue weighted by molar-refractivity contribution is 6.31. The topological polar surface area (TPSA) is 68.0 Å². The molecule has 2 aromatic carbocycles. The SMILES string of the molecule is Cc1cccc(Cl)c1Cn1nc(-c2ccc(C(=O)O)cc2F)c2ccncc21. The Labute approximate surface area is 165 Å². The third kappa shape index (κ3) is 3.12. The molecule has 4 rings (SSSR count). The first kappa shape index (κ1) is 18.1. The van der Waals surface area contributed by atoms with Crippen molar-refractivity contribution in [1.82, 2.24) is 14.8 Å². The summed E-state index contributed by atoms with van der Waals surface area (Å²) < 4.78 is 16.4. The Bertz CT molecular complexity index is 1200. The van der Waals surface area contributed by atoms with Gasteiger partial charge in [0.2, 0.25) is 0 Å². The third-order valence-electron chi connectivity index (χ3n) is 4.69. The smallest absolute Gasteiger partial charge is 0.335 e. The lowest BCUT2D eigenvalue weighted by Crippen LogP contribution is -2.04. The Morgan fingerprint density at radius 1 is 1.25 bits per heavy atom. The van der Waals surface area contributed by atoms with Crippen LogP contribution in [0.1, 0.15) is 21.5 Å². The monoisotopic (exact) mass is 395 g/mol. The van der Waals surface area contributed by atoms with E-state index in [1.807, 2.05) is 25.1 Å². The van der Waals surface area contributed by atoms with Crippen molar-refractivity contribution in [2.45, 2.75) is 13.5 Å². The number of halogens is 2. The Hall–Kier alpha value is -3.25. The van der Waals surface area contributed by atoms with E-state index in [1.165, 1.54) is 12.1 Å². The number of nitrogens with zero attached hydrogens (tertiary/aromatic N) is 3. The molecule has 0 saturated heterocycles. The first-order valence-electron chi connectivity index (χ1n) is 8.53. The molecule has 0 spiro atoms. The van der Waals surface area contributed by atoms with Crippen LogP contribution >= 0.6 is 11.6 Å². The van der Waals surface area contributed by atoms with Crippen molar-refractivity contribution < 1.29 is 14.3 Å². The van der Waals surface area contributed by atoms with E-state index in [9.17, 15) is 9.18 Å². The zero-order valence-electron chi connectivity index (χ0n) is 14.9. The summed E-state index contributed by atoms with van der Waals surface area (Å²) in [7, 11) is 0. The average molecular weight is 396 g/mol. The number of benzene rings is 2. The summed E-state index contributed by atoms with van der Waals surface area (Å²) in [6.07, 6.45) is 3.28. The maximum Gasteiger partial charge on any atom is 0.335 e. The Kier molecular flexibility index (Phi) is 4.57. The number of pyridine rings is 1. The van der Waals surface area contributed by atoms with Gasteiger partial charge in [-0.25, -0.2) is 9.18 Å². The molecule has 0 fully saturated rings. The molecule has 0 bridgehead atoms. The standard InChI is InChI=1S/C21H15ClFN3O2/c1-12-3-2-4-17(22)16(12)11-26-19-10-24-8-7-15(19)20(25-26)14-6-5-13(21(27)28)9-18(14)23/h2-10H,11H2,1H3,(H,27,28). The molecule has 4 aromatic rings. The molecule has 28 heavy (non-hydrogen) atoms.